The van der Waals surface area contributed by atoms with Crippen molar-refractivity contribution in [2.75, 3.05) is 13.2 Å². The Bertz CT molecular complexity index is 772. The lowest BCUT2D eigenvalue weighted by molar-refractivity contribution is 0.309. The van der Waals surface area contributed by atoms with Crippen LogP contribution in [0.15, 0.2) is 21.6 Å². The average molecular weight is 356 g/mol. The number of aliphatic imine (C=N–C) groups is 1. The van der Waals surface area contributed by atoms with Crippen molar-refractivity contribution in [2.24, 2.45) is 10.9 Å². The van der Waals surface area contributed by atoms with E-state index in [-0.39, 0.29) is 0 Å². The molecule has 6 heteroatoms. The van der Waals surface area contributed by atoms with Crippen molar-refractivity contribution in [2.45, 2.75) is 53.5 Å². The molecule has 140 valence electrons. The van der Waals surface area contributed by atoms with Gasteiger partial charge in [0.05, 0.1) is 19.0 Å². The van der Waals surface area contributed by atoms with Gasteiger partial charge in [0, 0.05) is 24.9 Å². The lowest BCUT2D eigenvalue weighted by atomic mass is 10.1. The van der Waals surface area contributed by atoms with E-state index in [9.17, 15) is 0 Å². The van der Waals surface area contributed by atoms with E-state index in [1.807, 2.05) is 12.1 Å². The number of amidine groups is 1. The normalized spacial score (nSPS) is 16.7. The lowest BCUT2D eigenvalue weighted by Crippen LogP contribution is -2.34. The Kier molecular flexibility index (Phi) is 5.59. The number of aromatic nitrogens is 2. The Morgan fingerprint density at radius 3 is 2.54 bits per heavy atom. The first-order valence-electron chi connectivity index (χ1n) is 9.28. The lowest BCUT2D eigenvalue weighted by Gasteiger charge is -2.16. The molecule has 1 unspecified atom stereocenters. The Balaban J connectivity index is 1.54. The molecule has 0 amide bonds. The highest BCUT2D eigenvalue weighted by Crippen LogP contribution is 2.29. The number of aryl methyl sites for hydroxylation is 3. The molecule has 1 aromatic heterocycles. The molecule has 0 radical (unpaired) electrons. The molecule has 0 bridgehead atoms. The molecule has 1 N–H and O–H groups in total. The number of benzene rings is 1. The summed E-state index contributed by atoms with van der Waals surface area (Å²) in [4.78, 5) is 8.88. The van der Waals surface area contributed by atoms with Crippen molar-refractivity contribution in [3.8, 4) is 17.1 Å². The minimum Gasteiger partial charge on any atom is -0.493 e. The number of hydrogen-bond donors (Lipinski definition) is 1. The third kappa shape index (κ3) is 4.23. The zero-order valence-electron chi connectivity index (χ0n) is 16.3. The minimum atomic E-state index is 0.483. The van der Waals surface area contributed by atoms with E-state index < -0.39 is 0 Å². The monoisotopic (exact) mass is 356 g/mol. The highest BCUT2D eigenvalue weighted by molar-refractivity contribution is 5.84. The maximum absolute atomic E-state index is 6.05. The highest BCUT2D eigenvalue weighted by Gasteiger charge is 2.19. The van der Waals surface area contributed by atoms with Crippen LogP contribution in [0.3, 0.4) is 0 Å². The summed E-state index contributed by atoms with van der Waals surface area (Å²) in [6.07, 6.45) is 1.88. The van der Waals surface area contributed by atoms with Crippen LogP contribution in [0.2, 0.25) is 0 Å². The summed E-state index contributed by atoms with van der Waals surface area (Å²) in [5, 5.41) is 7.50. The topological polar surface area (TPSA) is 72.5 Å². The molecule has 0 aliphatic carbocycles. The predicted molar refractivity (Wildman–Crippen MR) is 103 cm³/mol. The van der Waals surface area contributed by atoms with Crippen LogP contribution in [0.4, 0.5) is 0 Å². The first-order chi connectivity index (χ1) is 12.4. The molecule has 1 atom stereocenters. The summed E-state index contributed by atoms with van der Waals surface area (Å²) in [5.41, 5.74) is 3.12. The van der Waals surface area contributed by atoms with Gasteiger partial charge in [-0.2, -0.15) is 4.98 Å². The van der Waals surface area contributed by atoms with Gasteiger partial charge in [-0.15, -0.1) is 0 Å². The Morgan fingerprint density at radius 2 is 1.96 bits per heavy atom. The van der Waals surface area contributed by atoms with E-state index in [1.165, 1.54) is 0 Å². The number of hydrogen-bond acceptors (Lipinski definition) is 6. The van der Waals surface area contributed by atoms with Crippen LogP contribution >= 0.6 is 0 Å². The minimum absolute atomic E-state index is 0.483. The van der Waals surface area contributed by atoms with Crippen molar-refractivity contribution < 1.29 is 9.26 Å². The maximum Gasteiger partial charge on any atom is 0.223 e. The Labute approximate surface area is 155 Å². The fourth-order valence-corrected chi connectivity index (χ4v) is 3.18. The van der Waals surface area contributed by atoms with Gasteiger partial charge < -0.3 is 14.6 Å². The second-order valence-corrected chi connectivity index (χ2v) is 7.31. The van der Waals surface area contributed by atoms with Crippen LogP contribution in [0.1, 0.15) is 43.7 Å². The first-order valence-corrected chi connectivity index (χ1v) is 9.28. The van der Waals surface area contributed by atoms with Crippen molar-refractivity contribution >= 4 is 5.84 Å². The van der Waals surface area contributed by atoms with Crippen molar-refractivity contribution in [3.63, 3.8) is 0 Å². The zero-order chi connectivity index (χ0) is 18.7. The van der Waals surface area contributed by atoms with Gasteiger partial charge in [-0.25, -0.2) is 0 Å². The van der Waals surface area contributed by atoms with Crippen molar-refractivity contribution in [1.82, 2.24) is 15.5 Å². The highest BCUT2D eigenvalue weighted by atomic mass is 16.5. The standard InChI is InChI=1S/C20H28N4O2/c1-12(2)17-11-21-18(23-17)7-6-8-25-19-13(3)9-16(10-14(19)4)20-22-15(5)26-24-20/h9-10,12,17H,6-8,11H2,1-5H3,(H,21,23). The zero-order valence-corrected chi connectivity index (χ0v) is 16.3. The van der Waals surface area contributed by atoms with E-state index >= 15 is 0 Å². The molecule has 6 nitrogen and oxygen atoms in total. The van der Waals surface area contributed by atoms with Gasteiger partial charge in [-0.3, -0.25) is 4.99 Å². The summed E-state index contributed by atoms with van der Waals surface area (Å²) in [5.74, 6) is 3.85. The summed E-state index contributed by atoms with van der Waals surface area (Å²) in [6, 6.07) is 4.57. The van der Waals surface area contributed by atoms with Gasteiger partial charge in [0.1, 0.15) is 5.75 Å². The van der Waals surface area contributed by atoms with E-state index in [1.54, 1.807) is 6.92 Å². The van der Waals surface area contributed by atoms with E-state index in [2.05, 4.69) is 48.1 Å². The van der Waals surface area contributed by atoms with Crippen LogP contribution in [0.5, 0.6) is 5.75 Å². The average Bonchev–Trinajstić information content (AvgIpc) is 3.22. The van der Waals surface area contributed by atoms with Gasteiger partial charge in [0.25, 0.3) is 0 Å². The molecule has 1 aliphatic heterocycles. The molecule has 0 fully saturated rings. The molecule has 0 saturated heterocycles. The summed E-state index contributed by atoms with van der Waals surface area (Å²) in [7, 11) is 0. The third-order valence-electron chi connectivity index (χ3n) is 4.69. The van der Waals surface area contributed by atoms with E-state index in [4.69, 9.17) is 9.26 Å². The molecular formula is C20H28N4O2. The molecule has 26 heavy (non-hydrogen) atoms. The molecule has 0 spiro atoms. The molecule has 1 aromatic carbocycles. The molecular weight excluding hydrogens is 328 g/mol. The van der Waals surface area contributed by atoms with Crippen LogP contribution in [0, 0.1) is 26.7 Å². The van der Waals surface area contributed by atoms with Gasteiger partial charge in [0.2, 0.25) is 11.7 Å². The number of ether oxygens (including phenoxy) is 1. The maximum atomic E-state index is 6.05. The van der Waals surface area contributed by atoms with Crippen molar-refractivity contribution in [3.05, 3.63) is 29.2 Å². The Morgan fingerprint density at radius 1 is 1.23 bits per heavy atom. The van der Waals surface area contributed by atoms with Gasteiger partial charge in [-0.1, -0.05) is 19.0 Å². The molecule has 2 aromatic rings. The second-order valence-electron chi connectivity index (χ2n) is 7.31. The number of rotatable bonds is 7. The van der Waals surface area contributed by atoms with Gasteiger partial charge in [-0.05, 0) is 49.4 Å². The second kappa shape index (κ2) is 7.89. The molecule has 1 aliphatic rings. The van der Waals surface area contributed by atoms with Crippen LogP contribution in [-0.2, 0) is 0 Å². The fourth-order valence-electron chi connectivity index (χ4n) is 3.18. The quantitative estimate of drug-likeness (QED) is 0.763. The largest absolute Gasteiger partial charge is 0.493 e. The molecule has 0 saturated carbocycles. The molecule has 3 rings (SSSR count). The third-order valence-corrected chi connectivity index (χ3v) is 4.69. The summed E-state index contributed by atoms with van der Waals surface area (Å²) in [6.45, 7) is 11.9. The van der Waals surface area contributed by atoms with Gasteiger partial charge in [0.15, 0.2) is 0 Å². The van der Waals surface area contributed by atoms with E-state index in [0.29, 0.717) is 30.3 Å². The number of nitrogens with zero attached hydrogens (tertiary/aromatic N) is 3. The van der Waals surface area contributed by atoms with Crippen LogP contribution in [-0.4, -0.2) is 35.2 Å². The number of nitrogens with one attached hydrogen (secondary N) is 1. The SMILES string of the molecule is Cc1nc(-c2cc(C)c(OCCCC3=NCC(C(C)C)N3)c(C)c2)no1. The first kappa shape index (κ1) is 18.4. The van der Waals surface area contributed by atoms with Crippen LogP contribution in [0.25, 0.3) is 11.4 Å². The van der Waals surface area contributed by atoms with Crippen LogP contribution < -0.4 is 10.1 Å². The molecule has 2 heterocycles. The Hall–Kier alpha value is -2.37. The van der Waals surface area contributed by atoms with Gasteiger partial charge >= 0.3 is 0 Å². The smallest absolute Gasteiger partial charge is 0.223 e. The summed E-state index contributed by atoms with van der Waals surface area (Å²) >= 11 is 0. The predicted octanol–water partition coefficient (Wildman–Crippen LogP) is 3.85. The summed E-state index contributed by atoms with van der Waals surface area (Å²) < 4.78 is 11.1. The van der Waals surface area contributed by atoms with E-state index in [0.717, 1.165) is 47.7 Å². The fraction of sp³-hybridized carbons (Fsp3) is 0.550. The van der Waals surface area contributed by atoms with Crippen molar-refractivity contribution in [1.29, 1.82) is 0 Å².